The van der Waals surface area contributed by atoms with Crippen LogP contribution in [0.5, 0.6) is 0 Å². The number of carbonyl (C=O) groups is 2. The van der Waals surface area contributed by atoms with Crippen molar-refractivity contribution in [3.8, 4) is 11.1 Å². The summed E-state index contributed by atoms with van der Waals surface area (Å²) in [5.41, 5.74) is -2.49. The third kappa shape index (κ3) is 10.7. The molecule has 0 heterocycles. The highest BCUT2D eigenvalue weighted by atomic mass is 32.2. The van der Waals surface area contributed by atoms with E-state index in [-0.39, 0.29) is 33.9 Å². The summed E-state index contributed by atoms with van der Waals surface area (Å²) in [5.74, 6) is -1.70. The van der Waals surface area contributed by atoms with Gasteiger partial charge in [-0.15, -0.1) is 0 Å². The van der Waals surface area contributed by atoms with Gasteiger partial charge in [0.2, 0.25) is 0 Å². The third-order valence-corrected chi connectivity index (χ3v) is 13.3. The fraction of sp³-hybridized carbons (Fsp3) is 0. The van der Waals surface area contributed by atoms with Gasteiger partial charge >= 0.3 is 0 Å². The highest BCUT2D eigenvalue weighted by Gasteiger charge is 2.26. The lowest BCUT2D eigenvalue weighted by Crippen LogP contribution is -2.15. The molecule has 0 spiro atoms. The van der Waals surface area contributed by atoms with Crippen LogP contribution in [0, 0.1) is 20.2 Å². The van der Waals surface area contributed by atoms with E-state index in [1.54, 1.807) is 0 Å². The maximum Gasteiger partial charge on any atom is 0.295 e. The molecule has 26 heteroatoms. The first kappa shape index (κ1) is 45.9. The Labute approximate surface area is 362 Å². The second-order valence-electron chi connectivity index (χ2n) is 13.2. The number of amides is 2. The molecular weight excluding hydrogens is 925 g/mol. The minimum atomic E-state index is -5.19. The van der Waals surface area contributed by atoms with Crippen molar-refractivity contribution in [3.63, 3.8) is 0 Å². The molecule has 0 unspecified atom stereocenters. The Morgan fingerprint density at radius 2 is 0.781 bits per heavy atom. The second kappa shape index (κ2) is 17.6. The maximum atomic E-state index is 13.1. The molecule has 64 heavy (non-hydrogen) atoms. The number of sulfonamides is 2. The van der Waals surface area contributed by atoms with E-state index in [9.17, 15) is 72.6 Å². The SMILES string of the molecule is O=C(Nc1ccc(-c2ccc(NC(=O)c3ccc(NS(=O)(=O)c4cccc([N+](=O)[O-])c4)cc3)cc2S(=O)(=O)O)c(S(=O)(=O)O)c1)c1ccc(NS(=O)(=O)c2cccc([N+](=O)[O-])c2)cc1. The van der Waals surface area contributed by atoms with Gasteiger partial charge in [0.25, 0.3) is 63.5 Å². The summed E-state index contributed by atoms with van der Waals surface area (Å²) >= 11 is 0. The molecule has 0 saturated heterocycles. The lowest BCUT2D eigenvalue weighted by molar-refractivity contribution is -0.385. The minimum Gasteiger partial charge on any atom is -0.322 e. The molecule has 22 nitrogen and oxygen atoms in total. The van der Waals surface area contributed by atoms with E-state index in [0.717, 1.165) is 72.8 Å². The number of nitrogens with zero attached hydrogens (tertiary/aromatic N) is 2. The van der Waals surface area contributed by atoms with E-state index in [1.807, 2.05) is 0 Å². The Hall–Kier alpha value is -7.62. The molecular formula is C38H28N6O16S4. The monoisotopic (exact) mass is 952 g/mol. The van der Waals surface area contributed by atoms with Crippen LogP contribution in [-0.4, -0.2) is 64.4 Å². The molecule has 6 aromatic carbocycles. The van der Waals surface area contributed by atoms with Gasteiger partial charge in [-0.25, -0.2) is 16.8 Å². The molecule has 0 fully saturated rings. The fourth-order valence-electron chi connectivity index (χ4n) is 5.81. The summed E-state index contributed by atoms with van der Waals surface area (Å²) in [6.45, 7) is 0. The van der Waals surface area contributed by atoms with Crippen LogP contribution in [-0.2, 0) is 40.3 Å². The van der Waals surface area contributed by atoms with Crippen molar-refractivity contribution in [2.45, 2.75) is 19.6 Å². The molecule has 0 bridgehead atoms. The van der Waals surface area contributed by atoms with E-state index >= 15 is 0 Å². The van der Waals surface area contributed by atoms with Gasteiger partial charge in [0.1, 0.15) is 9.79 Å². The summed E-state index contributed by atoms with van der Waals surface area (Å²) in [7, 11) is -18.9. The van der Waals surface area contributed by atoms with Gasteiger partial charge in [-0.05, 0) is 84.9 Å². The quantitative estimate of drug-likeness (QED) is 0.0404. The second-order valence-corrected chi connectivity index (χ2v) is 19.3. The smallest absolute Gasteiger partial charge is 0.295 e. The molecule has 0 aliphatic rings. The first-order valence-corrected chi connectivity index (χ1v) is 23.4. The lowest BCUT2D eigenvalue weighted by Gasteiger charge is -2.15. The average molecular weight is 953 g/mol. The molecule has 330 valence electrons. The van der Waals surface area contributed by atoms with Gasteiger partial charge in [0, 0.05) is 69.3 Å². The zero-order valence-corrected chi connectivity index (χ0v) is 35.1. The van der Waals surface area contributed by atoms with Crippen molar-refractivity contribution in [2.75, 3.05) is 20.1 Å². The molecule has 0 radical (unpaired) electrons. The zero-order valence-electron chi connectivity index (χ0n) is 31.8. The van der Waals surface area contributed by atoms with Crippen molar-refractivity contribution >= 4 is 86.2 Å². The summed E-state index contributed by atoms with van der Waals surface area (Å²) in [5, 5.41) is 26.9. The largest absolute Gasteiger partial charge is 0.322 e. The van der Waals surface area contributed by atoms with E-state index < -0.39 is 104 Å². The molecule has 0 atom stereocenters. The number of rotatable bonds is 15. The number of hydrogen-bond acceptors (Lipinski definition) is 14. The Kier molecular flexibility index (Phi) is 12.6. The lowest BCUT2D eigenvalue weighted by atomic mass is 10.0. The van der Waals surface area contributed by atoms with Gasteiger partial charge in [0.05, 0.1) is 19.6 Å². The molecule has 6 aromatic rings. The molecule has 2 amide bonds. The minimum absolute atomic E-state index is 0.0265. The first-order chi connectivity index (χ1) is 29.9. The number of nitrogens with one attached hydrogen (secondary N) is 4. The molecule has 0 aliphatic heterocycles. The number of nitro benzene ring substituents is 2. The highest BCUT2D eigenvalue weighted by Crippen LogP contribution is 2.36. The average Bonchev–Trinajstić information content (AvgIpc) is 3.23. The van der Waals surface area contributed by atoms with Crippen LogP contribution in [0.4, 0.5) is 34.1 Å². The van der Waals surface area contributed by atoms with Crippen LogP contribution >= 0.6 is 0 Å². The Balaban J connectivity index is 1.18. The summed E-state index contributed by atoms with van der Waals surface area (Å²) in [6, 6.07) is 24.1. The predicted molar refractivity (Wildman–Crippen MR) is 228 cm³/mol. The van der Waals surface area contributed by atoms with E-state index in [2.05, 4.69) is 20.1 Å². The van der Waals surface area contributed by atoms with E-state index in [1.165, 1.54) is 60.7 Å². The first-order valence-electron chi connectivity index (χ1n) is 17.5. The number of benzene rings is 6. The van der Waals surface area contributed by atoms with Crippen molar-refractivity contribution in [2.24, 2.45) is 0 Å². The van der Waals surface area contributed by atoms with Crippen LogP contribution in [0.1, 0.15) is 20.7 Å². The molecule has 0 aliphatic carbocycles. The van der Waals surface area contributed by atoms with Crippen LogP contribution in [0.25, 0.3) is 11.1 Å². The number of nitro groups is 2. The number of carbonyl (C=O) groups excluding carboxylic acids is 2. The fourth-order valence-corrected chi connectivity index (χ4v) is 9.47. The normalized spacial score (nSPS) is 11.8. The zero-order chi connectivity index (χ0) is 46.8. The summed E-state index contributed by atoms with van der Waals surface area (Å²) in [4.78, 5) is 44.2. The van der Waals surface area contributed by atoms with Crippen molar-refractivity contribution in [3.05, 3.63) is 165 Å². The number of non-ortho nitro benzene ring substituents is 2. The topological polar surface area (TPSA) is 346 Å². The van der Waals surface area contributed by atoms with E-state index in [0.29, 0.717) is 0 Å². The molecule has 0 aromatic heterocycles. The number of anilines is 4. The maximum absolute atomic E-state index is 13.1. The third-order valence-electron chi connectivity index (χ3n) is 8.80. The van der Waals surface area contributed by atoms with Crippen LogP contribution in [0.15, 0.2) is 153 Å². The Morgan fingerprint density at radius 3 is 1.09 bits per heavy atom. The van der Waals surface area contributed by atoms with Crippen LogP contribution in [0.2, 0.25) is 0 Å². The summed E-state index contributed by atoms with van der Waals surface area (Å²) < 4.78 is 126. The molecule has 6 rings (SSSR count). The standard InChI is InChI=1S/C38H28N6O16S4/c45-37(23-7-11-25(12-8-23)41-61(51,52)31-5-1-3-29(21-31)43(47)48)39-27-15-17-33(35(19-27)63(55,56)57)34-18-16-28(20-36(34)64(58,59)60)40-38(46)24-9-13-26(14-10-24)42-62(53,54)32-6-2-4-30(22-32)44(49)50/h1-22,41-42H,(H,39,45)(H,40,46)(H,55,56,57)(H,58,59,60). The van der Waals surface area contributed by atoms with E-state index in [4.69, 9.17) is 0 Å². The van der Waals surface area contributed by atoms with Gasteiger partial charge in [-0.3, -0.25) is 48.4 Å². The van der Waals surface area contributed by atoms with Crippen molar-refractivity contribution in [1.29, 1.82) is 0 Å². The van der Waals surface area contributed by atoms with Crippen LogP contribution < -0.4 is 20.1 Å². The predicted octanol–water partition coefficient (Wildman–Crippen LogP) is 5.77. The molecule has 0 saturated carbocycles. The Morgan fingerprint density at radius 1 is 0.453 bits per heavy atom. The van der Waals surface area contributed by atoms with Crippen molar-refractivity contribution in [1.82, 2.24) is 0 Å². The molecule has 6 N–H and O–H groups in total. The highest BCUT2D eigenvalue weighted by molar-refractivity contribution is 7.93. The van der Waals surface area contributed by atoms with Gasteiger partial charge in [-0.2, -0.15) is 16.8 Å². The van der Waals surface area contributed by atoms with Crippen molar-refractivity contribution < 1.29 is 62.2 Å². The van der Waals surface area contributed by atoms with Gasteiger partial charge in [0.15, 0.2) is 0 Å². The van der Waals surface area contributed by atoms with Crippen LogP contribution in [0.3, 0.4) is 0 Å². The Bertz CT molecular complexity index is 3120. The van der Waals surface area contributed by atoms with Gasteiger partial charge < -0.3 is 10.6 Å². The number of hydrogen-bond donors (Lipinski definition) is 6. The summed E-state index contributed by atoms with van der Waals surface area (Å²) in [6.07, 6.45) is 0. The van der Waals surface area contributed by atoms with Gasteiger partial charge in [-0.1, -0.05) is 24.3 Å².